The Hall–Kier alpha value is -1.62. The van der Waals surface area contributed by atoms with Gasteiger partial charge in [-0.3, -0.25) is 4.79 Å². The molecule has 1 aromatic rings. The van der Waals surface area contributed by atoms with Crippen LogP contribution in [0.1, 0.15) is 25.8 Å². The first-order valence-corrected chi connectivity index (χ1v) is 6.13. The predicted octanol–water partition coefficient (Wildman–Crippen LogP) is 2.83. The second-order valence-electron chi connectivity index (χ2n) is 4.96. The van der Waals surface area contributed by atoms with Gasteiger partial charge in [0.25, 0.3) is 0 Å². The van der Waals surface area contributed by atoms with Gasteiger partial charge in [0, 0.05) is 11.0 Å². The van der Waals surface area contributed by atoms with Gasteiger partial charge in [0.1, 0.15) is 10.8 Å². The molecule has 2 rings (SSSR count). The summed E-state index contributed by atoms with van der Waals surface area (Å²) in [6, 6.07) is 1.73. The largest absolute Gasteiger partial charge is 0.495 e. The Morgan fingerprint density at radius 1 is 1.53 bits per heavy atom. The summed E-state index contributed by atoms with van der Waals surface area (Å²) >= 11 is 6.22. The van der Waals surface area contributed by atoms with E-state index in [-0.39, 0.29) is 13.2 Å². The summed E-state index contributed by atoms with van der Waals surface area (Å²) in [6.07, 6.45) is -0.0423. The quantitative estimate of drug-likeness (QED) is 0.922. The van der Waals surface area contributed by atoms with E-state index in [0.29, 0.717) is 27.8 Å². The van der Waals surface area contributed by atoms with Crippen LogP contribution in [-0.4, -0.2) is 25.0 Å². The van der Waals surface area contributed by atoms with E-state index in [2.05, 4.69) is 0 Å². The third-order valence-electron chi connectivity index (χ3n) is 3.09. The summed E-state index contributed by atoms with van der Waals surface area (Å²) in [7, 11) is 1.49. The first kappa shape index (κ1) is 13.8. The molecule has 1 aliphatic heterocycles. The molecular formula is C13H15ClO5. The lowest BCUT2D eigenvalue weighted by Gasteiger charge is -2.26. The number of carboxylic acids is 1. The Balaban J connectivity index is 2.57. The molecule has 1 N–H and O–H groups in total. The lowest BCUT2D eigenvalue weighted by atomic mass is 9.81. The van der Waals surface area contributed by atoms with Crippen LogP contribution in [0.4, 0.5) is 0 Å². The van der Waals surface area contributed by atoms with Gasteiger partial charge in [-0.05, 0) is 6.07 Å². The monoisotopic (exact) mass is 286 g/mol. The average molecular weight is 287 g/mol. The molecule has 19 heavy (non-hydrogen) atoms. The summed E-state index contributed by atoms with van der Waals surface area (Å²) in [5.74, 6) is 0.491. The molecule has 0 saturated heterocycles. The third-order valence-corrected chi connectivity index (χ3v) is 3.43. The smallest absolute Gasteiger partial charge is 0.304 e. The topological polar surface area (TPSA) is 65.0 Å². The summed E-state index contributed by atoms with van der Waals surface area (Å²) in [5, 5.41) is 9.32. The van der Waals surface area contributed by atoms with Gasteiger partial charge in [0.15, 0.2) is 11.5 Å². The number of ether oxygens (including phenoxy) is 3. The highest BCUT2D eigenvalue weighted by Crippen LogP contribution is 2.50. The molecule has 104 valence electrons. The maximum Gasteiger partial charge on any atom is 0.304 e. The van der Waals surface area contributed by atoms with Gasteiger partial charge in [-0.2, -0.15) is 0 Å². The van der Waals surface area contributed by atoms with E-state index in [0.717, 1.165) is 0 Å². The second-order valence-corrected chi connectivity index (χ2v) is 5.34. The highest BCUT2D eigenvalue weighted by molar-refractivity contribution is 6.34. The molecule has 1 aromatic carbocycles. The van der Waals surface area contributed by atoms with Crippen LogP contribution in [0.25, 0.3) is 0 Å². The zero-order chi connectivity index (χ0) is 14.2. The summed E-state index contributed by atoms with van der Waals surface area (Å²) < 4.78 is 15.9. The zero-order valence-corrected chi connectivity index (χ0v) is 11.7. The first-order valence-electron chi connectivity index (χ1n) is 5.75. The Morgan fingerprint density at radius 2 is 2.21 bits per heavy atom. The molecular weight excluding hydrogens is 272 g/mol. The number of carbonyl (C=O) groups is 1. The molecule has 0 aromatic heterocycles. The van der Waals surface area contributed by atoms with Crippen LogP contribution in [-0.2, 0) is 10.2 Å². The van der Waals surface area contributed by atoms with Gasteiger partial charge in [0.2, 0.25) is 6.79 Å². The number of benzene rings is 1. The van der Waals surface area contributed by atoms with Crippen molar-refractivity contribution in [1.29, 1.82) is 0 Å². The zero-order valence-electron chi connectivity index (χ0n) is 10.9. The normalized spacial score (nSPS) is 13.5. The van der Waals surface area contributed by atoms with Crippen molar-refractivity contribution in [3.8, 4) is 17.2 Å². The Bertz CT molecular complexity index is 524. The molecule has 0 fully saturated rings. The van der Waals surface area contributed by atoms with E-state index in [4.69, 9.17) is 30.9 Å². The first-order chi connectivity index (χ1) is 8.86. The minimum atomic E-state index is -0.888. The summed E-state index contributed by atoms with van der Waals surface area (Å²) in [5.41, 5.74) is 0.0496. The molecule has 6 heteroatoms. The van der Waals surface area contributed by atoms with E-state index in [1.165, 1.54) is 7.11 Å². The van der Waals surface area contributed by atoms with Crippen LogP contribution in [0.5, 0.6) is 17.2 Å². The van der Waals surface area contributed by atoms with E-state index >= 15 is 0 Å². The molecule has 0 radical (unpaired) electrons. The minimum Gasteiger partial charge on any atom is -0.495 e. The maximum atomic E-state index is 11.0. The summed E-state index contributed by atoms with van der Waals surface area (Å²) in [6.45, 7) is 3.73. The van der Waals surface area contributed by atoms with Crippen LogP contribution in [0, 0.1) is 0 Å². The SMILES string of the molecule is COc1c(C(C)(C)CC(=O)O)cc2c(c1Cl)OCO2. The van der Waals surface area contributed by atoms with E-state index in [9.17, 15) is 4.79 Å². The number of halogens is 1. The Kier molecular flexibility index (Phi) is 3.49. The van der Waals surface area contributed by atoms with Crippen molar-refractivity contribution in [2.45, 2.75) is 25.7 Å². The van der Waals surface area contributed by atoms with E-state index in [1.807, 2.05) is 13.8 Å². The molecule has 0 saturated carbocycles. The predicted molar refractivity (Wildman–Crippen MR) is 69.4 cm³/mol. The standard InChI is InChI=1S/C13H15ClO5/c1-13(2,5-9(15)16)7-4-8-12(19-6-18-8)10(14)11(7)17-3/h4H,5-6H2,1-3H3,(H,15,16). The van der Waals surface area contributed by atoms with E-state index < -0.39 is 11.4 Å². The molecule has 0 atom stereocenters. The van der Waals surface area contributed by atoms with Crippen molar-refractivity contribution in [2.75, 3.05) is 13.9 Å². The van der Waals surface area contributed by atoms with Crippen molar-refractivity contribution in [2.24, 2.45) is 0 Å². The highest BCUT2D eigenvalue weighted by atomic mass is 35.5. The fourth-order valence-electron chi connectivity index (χ4n) is 2.16. The molecule has 0 unspecified atom stereocenters. The molecule has 1 aliphatic rings. The van der Waals surface area contributed by atoms with Crippen molar-refractivity contribution in [3.63, 3.8) is 0 Å². The van der Waals surface area contributed by atoms with Gasteiger partial charge in [-0.25, -0.2) is 0 Å². The number of hydrogen-bond acceptors (Lipinski definition) is 4. The number of aliphatic carboxylic acids is 1. The number of fused-ring (bicyclic) bond motifs is 1. The molecule has 1 heterocycles. The molecule has 0 bridgehead atoms. The number of hydrogen-bond donors (Lipinski definition) is 1. The fourth-order valence-corrected chi connectivity index (χ4v) is 2.49. The lowest BCUT2D eigenvalue weighted by Crippen LogP contribution is -2.22. The Morgan fingerprint density at radius 3 is 2.79 bits per heavy atom. The third kappa shape index (κ3) is 2.42. The van der Waals surface area contributed by atoms with Crippen LogP contribution in [0.2, 0.25) is 5.02 Å². The summed E-state index contributed by atoms with van der Waals surface area (Å²) in [4.78, 5) is 11.0. The van der Waals surface area contributed by atoms with Crippen molar-refractivity contribution < 1.29 is 24.1 Å². The molecule has 0 amide bonds. The van der Waals surface area contributed by atoms with Gasteiger partial charge < -0.3 is 19.3 Å². The van der Waals surface area contributed by atoms with Crippen molar-refractivity contribution in [3.05, 3.63) is 16.7 Å². The molecule has 0 aliphatic carbocycles. The molecule has 5 nitrogen and oxygen atoms in total. The van der Waals surface area contributed by atoms with E-state index in [1.54, 1.807) is 6.07 Å². The maximum absolute atomic E-state index is 11.0. The van der Waals surface area contributed by atoms with Gasteiger partial charge in [-0.1, -0.05) is 25.4 Å². The van der Waals surface area contributed by atoms with Crippen molar-refractivity contribution >= 4 is 17.6 Å². The second kappa shape index (κ2) is 4.81. The van der Waals surface area contributed by atoms with Crippen LogP contribution in [0.15, 0.2) is 6.07 Å². The van der Waals surface area contributed by atoms with Gasteiger partial charge in [-0.15, -0.1) is 0 Å². The Labute approximate surface area is 116 Å². The number of rotatable bonds is 4. The van der Waals surface area contributed by atoms with Gasteiger partial charge in [0.05, 0.1) is 13.5 Å². The number of methoxy groups -OCH3 is 1. The van der Waals surface area contributed by atoms with Crippen molar-refractivity contribution in [1.82, 2.24) is 0 Å². The van der Waals surface area contributed by atoms with Gasteiger partial charge >= 0.3 is 5.97 Å². The minimum absolute atomic E-state index is 0.0423. The lowest BCUT2D eigenvalue weighted by molar-refractivity contribution is -0.138. The molecule has 0 spiro atoms. The number of carboxylic acid groups (broad SMARTS) is 1. The van der Waals surface area contributed by atoms with Crippen LogP contribution in [0.3, 0.4) is 0 Å². The van der Waals surface area contributed by atoms with Crippen LogP contribution >= 0.6 is 11.6 Å². The fraction of sp³-hybridized carbons (Fsp3) is 0.462. The average Bonchev–Trinajstić information content (AvgIpc) is 2.75. The van der Waals surface area contributed by atoms with Crippen LogP contribution < -0.4 is 14.2 Å². The highest BCUT2D eigenvalue weighted by Gasteiger charge is 2.33.